The zero-order valence-electron chi connectivity index (χ0n) is 17.5. The Hall–Kier alpha value is -2.41. The molecular weight excluding hydrogens is 390 g/mol. The number of ketones is 1. The van der Waals surface area contributed by atoms with Gasteiger partial charge < -0.3 is 14.5 Å². The summed E-state index contributed by atoms with van der Waals surface area (Å²) in [4.78, 5) is 42.3. The smallest absolute Gasteiger partial charge is 0.349 e. The molecule has 1 N–H and O–H groups in total. The maximum atomic E-state index is 12.9. The molecule has 0 saturated carbocycles. The van der Waals surface area contributed by atoms with Crippen LogP contribution in [0.5, 0.6) is 0 Å². The summed E-state index contributed by atoms with van der Waals surface area (Å²) in [6.45, 7) is 9.14. The first kappa shape index (κ1) is 21.3. The van der Waals surface area contributed by atoms with E-state index in [1.165, 1.54) is 21.8 Å². The number of ether oxygens (including phenoxy) is 2. The quantitative estimate of drug-likeness (QED) is 0.555. The van der Waals surface area contributed by atoms with Crippen LogP contribution in [0.4, 0.5) is 0 Å². The molecule has 29 heavy (non-hydrogen) atoms. The summed E-state index contributed by atoms with van der Waals surface area (Å²) in [5, 5.41) is 0. The number of fused-ring (bicyclic) bond motifs is 1. The van der Waals surface area contributed by atoms with Crippen LogP contribution in [0.3, 0.4) is 0 Å². The highest BCUT2D eigenvalue weighted by molar-refractivity contribution is 7.14. The topological polar surface area (TPSA) is 85.5 Å². The Labute approximate surface area is 174 Å². The van der Waals surface area contributed by atoms with E-state index in [1.54, 1.807) is 27.7 Å². The predicted molar refractivity (Wildman–Crippen MR) is 111 cm³/mol. The van der Waals surface area contributed by atoms with Crippen LogP contribution in [-0.2, 0) is 22.3 Å². The Morgan fingerprint density at radius 1 is 1.28 bits per heavy atom. The summed E-state index contributed by atoms with van der Waals surface area (Å²) in [6, 6.07) is 1.90. The van der Waals surface area contributed by atoms with Crippen molar-refractivity contribution in [3.8, 4) is 0 Å². The Bertz CT molecular complexity index is 955. The van der Waals surface area contributed by atoms with E-state index in [9.17, 15) is 14.4 Å². The third kappa shape index (κ3) is 4.29. The Morgan fingerprint density at radius 3 is 2.69 bits per heavy atom. The lowest BCUT2D eigenvalue weighted by Crippen LogP contribution is -2.25. The van der Waals surface area contributed by atoms with E-state index in [2.05, 4.69) is 11.9 Å². The molecule has 2 aromatic heterocycles. The summed E-state index contributed by atoms with van der Waals surface area (Å²) in [7, 11) is 0. The van der Waals surface area contributed by atoms with Gasteiger partial charge in [-0.05, 0) is 70.1 Å². The highest BCUT2D eigenvalue weighted by atomic mass is 32.1. The molecule has 156 valence electrons. The Morgan fingerprint density at radius 2 is 2.00 bits per heavy atom. The van der Waals surface area contributed by atoms with E-state index in [-0.39, 0.29) is 18.1 Å². The first-order valence-corrected chi connectivity index (χ1v) is 10.8. The van der Waals surface area contributed by atoms with Gasteiger partial charge in [-0.2, -0.15) is 0 Å². The maximum Gasteiger partial charge on any atom is 0.349 e. The fraction of sp³-hybridized carbons (Fsp3) is 0.500. The van der Waals surface area contributed by atoms with Gasteiger partial charge in [0.05, 0.1) is 17.9 Å². The lowest BCUT2D eigenvalue weighted by molar-refractivity contribution is 0.0321. The first-order chi connectivity index (χ1) is 13.7. The molecule has 0 aromatic carbocycles. The normalized spacial score (nSPS) is 16.8. The minimum absolute atomic E-state index is 0.254. The molecule has 1 aliphatic rings. The van der Waals surface area contributed by atoms with E-state index in [0.717, 1.165) is 19.3 Å². The predicted octanol–water partition coefficient (Wildman–Crippen LogP) is 4.42. The van der Waals surface area contributed by atoms with E-state index < -0.39 is 18.0 Å². The van der Waals surface area contributed by atoms with Gasteiger partial charge in [0.25, 0.3) is 0 Å². The van der Waals surface area contributed by atoms with Gasteiger partial charge in [-0.3, -0.25) is 4.79 Å². The van der Waals surface area contributed by atoms with Crippen molar-refractivity contribution in [2.75, 3.05) is 6.61 Å². The number of hydrogen-bond acceptors (Lipinski definition) is 6. The average molecular weight is 418 g/mol. The van der Waals surface area contributed by atoms with Crippen LogP contribution < -0.4 is 0 Å². The number of aryl methyl sites for hydroxylation is 2. The van der Waals surface area contributed by atoms with Gasteiger partial charge in [-0.15, -0.1) is 11.3 Å². The molecule has 2 aromatic rings. The molecule has 0 bridgehead atoms. The fourth-order valence-electron chi connectivity index (χ4n) is 3.79. The van der Waals surface area contributed by atoms with Gasteiger partial charge >= 0.3 is 11.9 Å². The third-order valence-electron chi connectivity index (χ3n) is 5.35. The number of aromatic amines is 1. The Kier molecular flexibility index (Phi) is 6.27. The highest BCUT2D eigenvalue weighted by Gasteiger charge is 2.29. The summed E-state index contributed by atoms with van der Waals surface area (Å²) >= 11 is 1.46. The SMILES string of the molecule is CCOC(=O)c1c(C)[nH]c(C(=O)C(C)OC(=O)c2cc3c(s2)CCC(C)C3)c1C. The lowest BCUT2D eigenvalue weighted by Gasteiger charge is -2.16. The van der Waals surface area contributed by atoms with Gasteiger partial charge in [0.2, 0.25) is 5.78 Å². The molecule has 7 heteroatoms. The van der Waals surface area contributed by atoms with Crippen molar-refractivity contribution in [2.24, 2.45) is 5.92 Å². The molecule has 3 rings (SSSR count). The molecule has 2 atom stereocenters. The number of Topliss-reactive ketones (excluding diaryl/α,β-unsaturated/α-hetero) is 1. The second kappa shape index (κ2) is 8.53. The van der Waals surface area contributed by atoms with Crippen molar-refractivity contribution >= 4 is 29.1 Å². The summed E-state index contributed by atoms with van der Waals surface area (Å²) in [5.41, 5.74) is 2.91. The number of carbonyl (C=O) groups excluding carboxylic acids is 3. The van der Waals surface area contributed by atoms with Crippen molar-refractivity contribution in [3.05, 3.63) is 43.9 Å². The summed E-state index contributed by atoms with van der Waals surface area (Å²) < 4.78 is 10.5. The minimum Gasteiger partial charge on any atom is -0.462 e. The zero-order valence-corrected chi connectivity index (χ0v) is 18.3. The number of thiophene rings is 1. The largest absolute Gasteiger partial charge is 0.462 e. The van der Waals surface area contributed by atoms with Crippen molar-refractivity contribution in [1.29, 1.82) is 0 Å². The van der Waals surface area contributed by atoms with E-state index in [0.29, 0.717) is 27.6 Å². The molecule has 0 aliphatic heterocycles. The molecule has 0 saturated heterocycles. The standard InChI is InChI=1S/C22H27NO5S/c1-6-27-22(26)18-12(3)19(23-13(18)4)20(24)14(5)28-21(25)17-10-15-9-11(2)7-8-16(15)29-17/h10-11,14,23H,6-9H2,1-5H3. The second-order valence-corrected chi connectivity index (χ2v) is 8.80. The zero-order chi connectivity index (χ0) is 21.3. The van der Waals surface area contributed by atoms with Gasteiger partial charge in [0.1, 0.15) is 4.88 Å². The number of esters is 2. The lowest BCUT2D eigenvalue weighted by atomic mass is 9.90. The van der Waals surface area contributed by atoms with Crippen LogP contribution in [-0.4, -0.2) is 35.4 Å². The number of hydrogen-bond donors (Lipinski definition) is 1. The minimum atomic E-state index is -0.965. The van der Waals surface area contributed by atoms with Crippen molar-refractivity contribution < 1.29 is 23.9 Å². The van der Waals surface area contributed by atoms with Crippen molar-refractivity contribution in [2.45, 2.75) is 60.0 Å². The number of carbonyl (C=O) groups is 3. The van der Waals surface area contributed by atoms with E-state index >= 15 is 0 Å². The Balaban J connectivity index is 1.73. The second-order valence-electron chi connectivity index (χ2n) is 7.66. The fourth-order valence-corrected chi connectivity index (χ4v) is 4.88. The van der Waals surface area contributed by atoms with Gasteiger partial charge in [0.15, 0.2) is 6.10 Å². The van der Waals surface area contributed by atoms with E-state index in [1.807, 2.05) is 6.07 Å². The van der Waals surface area contributed by atoms with Crippen LogP contribution in [0.2, 0.25) is 0 Å². The molecule has 2 heterocycles. The highest BCUT2D eigenvalue weighted by Crippen LogP contribution is 2.32. The van der Waals surface area contributed by atoms with Crippen LogP contribution in [0.1, 0.15) is 79.4 Å². The number of aromatic nitrogens is 1. The van der Waals surface area contributed by atoms with Crippen LogP contribution in [0, 0.1) is 19.8 Å². The van der Waals surface area contributed by atoms with Crippen molar-refractivity contribution in [3.63, 3.8) is 0 Å². The molecule has 0 fully saturated rings. The molecule has 1 aliphatic carbocycles. The molecule has 0 spiro atoms. The first-order valence-electron chi connectivity index (χ1n) is 9.95. The summed E-state index contributed by atoms with van der Waals surface area (Å²) in [5.74, 6) is -0.705. The van der Waals surface area contributed by atoms with Crippen LogP contribution in [0.25, 0.3) is 0 Å². The molecule has 6 nitrogen and oxygen atoms in total. The third-order valence-corrected chi connectivity index (χ3v) is 6.56. The average Bonchev–Trinajstić information content (AvgIpc) is 3.21. The number of nitrogens with one attached hydrogen (secondary N) is 1. The number of rotatable bonds is 6. The van der Waals surface area contributed by atoms with Gasteiger partial charge in [0, 0.05) is 10.6 Å². The maximum absolute atomic E-state index is 12.9. The van der Waals surface area contributed by atoms with Gasteiger partial charge in [-0.1, -0.05) is 6.92 Å². The summed E-state index contributed by atoms with van der Waals surface area (Å²) in [6.07, 6.45) is 2.13. The molecular formula is C22H27NO5S. The number of H-pyrrole nitrogens is 1. The van der Waals surface area contributed by atoms with E-state index in [4.69, 9.17) is 9.47 Å². The molecule has 0 amide bonds. The molecule has 0 radical (unpaired) electrons. The van der Waals surface area contributed by atoms with Crippen LogP contribution in [0.15, 0.2) is 6.07 Å². The van der Waals surface area contributed by atoms with Crippen LogP contribution >= 0.6 is 11.3 Å². The van der Waals surface area contributed by atoms with Crippen molar-refractivity contribution in [1.82, 2.24) is 4.98 Å². The monoisotopic (exact) mass is 417 g/mol. The van der Waals surface area contributed by atoms with Gasteiger partial charge in [-0.25, -0.2) is 9.59 Å². The molecule has 2 unspecified atom stereocenters.